The van der Waals surface area contributed by atoms with Crippen LogP contribution >= 0.6 is 0 Å². The number of nitriles is 1. The third-order valence-corrected chi connectivity index (χ3v) is 6.21. The molecular formula is C25H30N4O2. The van der Waals surface area contributed by atoms with Crippen LogP contribution in [0.15, 0.2) is 48.5 Å². The molecule has 2 aliphatic rings. The summed E-state index contributed by atoms with van der Waals surface area (Å²) in [5.41, 5.74) is 2.84. The average molecular weight is 419 g/mol. The van der Waals surface area contributed by atoms with Gasteiger partial charge in [0, 0.05) is 26.2 Å². The van der Waals surface area contributed by atoms with Gasteiger partial charge in [-0.1, -0.05) is 24.3 Å². The summed E-state index contributed by atoms with van der Waals surface area (Å²) in [6.45, 7) is 3.82. The molecule has 1 unspecified atom stereocenters. The van der Waals surface area contributed by atoms with Crippen LogP contribution in [0.1, 0.15) is 36.4 Å². The molecule has 0 aromatic heterocycles. The Morgan fingerprint density at radius 3 is 2.61 bits per heavy atom. The first-order valence-electron chi connectivity index (χ1n) is 11.1. The number of amides is 1. The molecule has 6 nitrogen and oxygen atoms in total. The van der Waals surface area contributed by atoms with Gasteiger partial charge in [-0.3, -0.25) is 9.69 Å². The van der Waals surface area contributed by atoms with Crippen molar-refractivity contribution in [2.24, 2.45) is 5.92 Å². The number of hydrogen-bond acceptors (Lipinski definition) is 5. The Labute approximate surface area is 184 Å². The Morgan fingerprint density at radius 1 is 1.13 bits per heavy atom. The number of ether oxygens (including phenoxy) is 1. The maximum atomic E-state index is 12.9. The molecule has 31 heavy (non-hydrogen) atoms. The fourth-order valence-corrected chi connectivity index (χ4v) is 4.35. The van der Waals surface area contributed by atoms with Gasteiger partial charge < -0.3 is 15.0 Å². The summed E-state index contributed by atoms with van der Waals surface area (Å²) in [7, 11) is 1.66. The first-order chi connectivity index (χ1) is 15.2. The lowest BCUT2D eigenvalue weighted by Gasteiger charge is -2.25. The van der Waals surface area contributed by atoms with Gasteiger partial charge in [0.05, 0.1) is 30.9 Å². The average Bonchev–Trinajstić information content (AvgIpc) is 3.66. The molecular weight excluding hydrogens is 388 g/mol. The van der Waals surface area contributed by atoms with Crippen molar-refractivity contribution in [1.82, 2.24) is 10.2 Å². The Bertz CT molecular complexity index is 933. The van der Waals surface area contributed by atoms with Crippen molar-refractivity contribution in [3.05, 3.63) is 59.7 Å². The van der Waals surface area contributed by atoms with Crippen LogP contribution in [0.25, 0.3) is 0 Å². The topological polar surface area (TPSA) is 68.6 Å². The maximum Gasteiger partial charge on any atom is 0.234 e. The summed E-state index contributed by atoms with van der Waals surface area (Å²) in [5, 5.41) is 12.7. The number of para-hydroxylation sites is 1. The van der Waals surface area contributed by atoms with E-state index in [0.29, 0.717) is 18.0 Å². The number of nitrogens with one attached hydrogen (secondary N) is 1. The Balaban J connectivity index is 1.34. The monoisotopic (exact) mass is 418 g/mol. The van der Waals surface area contributed by atoms with Crippen LogP contribution in [-0.4, -0.2) is 50.6 Å². The van der Waals surface area contributed by atoms with Crippen LogP contribution in [0, 0.1) is 17.2 Å². The molecule has 1 atom stereocenters. The molecule has 1 N–H and O–H groups in total. The highest BCUT2D eigenvalue weighted by Crippen LogP contribution is 2.41. The van der Waals surface area contributed by atoms with Crippen molar-refractivity contribution >= 4 is 11.6 Å². The van der Waals surface area contributed by atoms with Gasteiger partial charge in [-0.05, 0) is 55.0 Å². The smallest absolute Gasteiger partial charge is 0.234 e. The standard InChI is InChI=1S/C25H30N4O2/c1-31-22-11-9-20(10-12-22)25(19-7-8-19)27-24(30)18-28-13-4-14-29(16-15-28)23-6-3-2-5-21(23)17-26/h2-3,5-6,9-12,19,25H,4,7-8,13-16,18H2,1H3,(H,27,30). The van der Waals surface area contributed by atoms with Crippen molar-refractivity contribution < 1.29 is 9.53 Å². The summed E-state index contributed by atoms with van der Waals surface area (Å²) in [6, 6.07) is 18.1. The van der Waals surface area contributed by atoms with E-state index < -0.39 is 0 Å². The fourth-order valence-electron chi connectivity index (χ4n) is 4.35. The zero-order chi connectivity index (χ0) is 21.6. The maximum absolute atomic E-state index is 12.9. The van der Waals surface area contributed by atoms with E-state index in [1.165, 1.54) is 0 Å². The lowest BCUT2D eigenvalue weighted by atomic mass is 10.0. The van der Waals surface area contributed by atoms with E-state index in [9.17, 15) is 10.1 Å². The minimum Gasteiger partial charge on any atom is -0.497 e. The summed E-state index contributed by atoms with van der Waals surface area (Å²) < 4.78 is 5.26. The summed E-state index contributed by atoms with van der Waals surface area (Å²) >= 11 is 0. The first-order valence-corrected chi connectivity index (χ1v) is 11.1. The largest absolute Gasteiger partial charge is 0.497 e. The van der Waals surface area contributed by atoms with Crippen molar-refractivity contribution in [2.75, 3.05) is 44.7 Å². The predicted molar refractivity (Wildman–Crippen MR) is 121 cm³/mol. The van der Waals surface area contributed by atoms with Crippen LogP contribution in [-0.2, 0) is 4.79 Å². The number of nitrogens with zero attached hydrogens (tertiary/aromatic N) is 3. The van der Waals surface area contributed by atoms with Gasteiger partial charge in [-0.15, -0.1) is 0 Å². The SMILES string of the molecule is COc1ccc(C(NC(=O)CN2CCCN(c3ccccc3C#N)CC2)C2CC2)cc1. The number of rotatable bonds is 7. The molecule has 4 rings (SSSR count). The summed E-state index contributed by atoms with van der Waals surface area (Å²) in [5.74, 6) is 1.44. The molecule has 2 aromatic rings. The van der Waals surface area contributed by atoms with Crippen molar-refractivity contribution in [1.29, 1.82) is 5.26 Å². The van der Waals surface area contributed by atoms with E-state index in [0.717, 1.165) is 62.4 Å². The number of carbonyl (C=O) groups excluding carboxylic acids is 1. The van der Waals surface area contributed by atoms with Gasteiger partial charge in [-0.25, -0.2) is 0 Å². The minimum absolute atomic E-state index is 0.0735. The molecule has 6 heteroatoms. The Hall–Kier alpha value is -3.04. The van der Waals surface area contributed by atoms with E-state index >= 15 is 0 Å². The number of carbonyl (C=O) groups is 1. The van der Waals surface area contributed by atoms with Gasteiger partial charge >= 0.3 is 0 Å². The van der Waals surface area contributed by atoms with Gasteiger partial charge in [0.25, 0.3) is 0 Å². The van der Waals surface area contributed by atoms with Crippen LogP contribution in [0.4, 0.5) is 5.69 Å². The second-order valence-corrected chi connectivity index (χ2v) is 8.40. The second-order valence-electron chi connectivity index (χ2n) is 8.40. The van der Waals surface area contributed by atoms with Crippen molar-refractivity contribution in [2.45, 2.75) is 25.3 Å². The minimum atomic E-state index is 0.0735. The highest BCUT2D eigenvalue weighted by Gasteiger charge is 2.33. The number of benzene rings is 2. The van der Waals surface area contributed by atoms with E-state index in [-0.39, 0.29) is 11.9 Å². The highest BCUT2D eigenvalue weighted by molar-refractivity contribution is 5.78. The van der Waals surface area contributed by atoms with E-state index in [2.05, 4.69) is 33.3 Å². The summed E-state index contributed by atoms with van der Waals surface area (Å²) in [4.78, 5) is 17.4. The van der Waals surface area contributed by atoms with Gasteiger partial charge in [0.15, 0.2) is 0 Å². The molecule has 1 saturated heterocycles. The first kappa shape index (κ1) is 21.2. The molecule has 0 spiro atoms. The molecule has 1 heterocycles. The van der Waals surface area contributed by atoms with Gasteiger partial charge in [0.2, 0.25) is 5.91 Å². The summed E-state index contributed by atoms with van der Waals surface area (Å²) in [6.07, 6.45) is 3.29. The molecule has 0 bridgehead atoms. The predicted octanol–water partition coefficient (Wildman–Crippen LogP) is 3.35. The highest BCUT2D eigenvalue weighted by atomic mass is 16.5. The quantitative estimate of drug-likeness (QED) is 0.747. The van der Waals surface area contributed by atoms with Gasteiger partial charge in [-0.2, -0.15) is 5.26 Å². The molecule has 162 valence electrons. The van der Waals surface area contributed by atoms with E-state index in [1.807, 2.05) is 36.4 Å². The molecule has 0 radical (unpaired) electrons. The van der Waals surface area contributed by atoms with E-state index in [1.54, 1.807) is 7.11 Å². The van der Waals surface area contributed by atoms with Crippen molar-refractivity contribution in [3.63, 3.8) is 0 Å². The fraction of sp³-hybridized carbons (Fsp3) is 0.440. The molecule has 2 aromatic carbocycles. The van der Waals surface area contributed by atoms with Crippen molar-refractivity contribution in [3.8, 4) is 11.8 Å². The third-order valence-electron chi connectivity index (χ3n) is 6.21. The van der Waals surface area contributed by atoms with Crippen LogP contribution < -0.4 is 15.0 Å². The Kier molecular flexibility index (Phi) is 6.73. The van der Waals surface area contributed by atoms with Gasteiger partial charge in [0.1, 0.15) is 11.8 Å². The number of anilines is 1. The molecule has 1 aliphatic carbocycles. The zero-order valence-electron chi connectivity index (χ0n) is 18.1. The van der Waals surface area contributed by atoms with Crippen LogP contribution in [0.3, 0.4) is 0 Å². The lowest BCUT2D eigenvalue weighted by Crippen LogP contribution is -2.41. The second kappa shape index (κ2) is 9.84. The lowest BCUT2D eigenvalue weighted by molar-refractivity contribution is -0.123. The molecule has 1 aliphatic heterocycles. The zero-order valence-corrected chi connectivity index (χ0v) is 18.1. The Morgan fingerprint density at radius 2 is 1.90 bits per heavy atom. The molecule has 1 amide bonds. The number of hydrogen-bond donors (Lipinski definition) is 1. The third kappa shape index (κ3) is 5.36. The normalized spacial score (nSPS) is 18.0. The molecule has 1 saturated carbocycles. The van der Waals surface area contributed by atoms with E-state index in [4.69, 9.17) is 4.74 Å². The van der Waals surface area contributed by atoms with Crippen LogP contribution in [0.2, 0.25) is 0 Å². The molecule has 2 fully saturated rings. The van der Waals surface area contributed by atoms with Crippen LogP contribution in [0.5, 0.6) is 5.75 Å². The number of methoxy groups -OCH3 is 1.